The third-order valence-corrected chi connectivity index (χ3v) is 3.40. The van der Waals surface area contributed by atoms with E-state index in [9.17, 15) is 9.59 Å². The van der Waals surface area contributed by atoms with Gasteiger partial charge in [-0.05, 0) is 49.7 Å². The Bertz CT molecular complexity index is 744. The van der Waals surface area contributed by atoms with Crippen molar-refractivity contribution in [1.82, 2.24) is 5.32 Å². The normalized spacial score (nSPS) is 10.1. The van der Waals surface area contributed by atoms with Crippen LogP contribution in [0.2, 0.25) is 0 Å². The lowest BCUT2D eigenvalue weighted by atomic mass is 10.2. The minimum absolute atomic E-state index is 0.142. The van der Waals surface area contributed by atoms with Gasteiger partial charge < -0.3 is 19.5 Å². The first-order valence-electron chi connectivity index (χ1n) is 8.44. The van der Waals surface area contributed by atoms with Crippen LogP contribution in [0.1, 0.15) is 22.8 Å². The molecule has 0 spiro atoms. The van der Waals surface area contributed by atoms with Gasteiger partial charge in [-0.15, -0.1) is 0 Å². The summed E-state index contributed by atoms with van der Waals surface area (Å²) < 4.78 is 15.9. The first-order chi connectivity index (χ1) is 12.6. The Balaban J connectivity index is 1.70. The summed E-state index contributed by atoms with van der Waals surface area (Å²) in [5.74, 6) is 0.517. The van der Waals surface area contributed by atoms with Gasteiger partial charge in [0.1, 0.15) is 18.1 Å². The van der Waals surface area contributed by atoms with E-state index in [2.05, 4.69) is 5.32 Å². The molecule has 26 heavy (non-hydrogen) atoms. The van der Waals surface area contributed by atoms with E-state index in [4.69, 9.17) is 14.2 Å². The molecule has 0 unspecified atom stereocenters. The number of nitrogens with one attached hydrogen (secondary N) is 1. The van der Waals surface area contributed by atoms with E-state index in [0.717, 1.165) is 11.3 Å². The summed E-state index contributed by atoms with van der Waals surface area (Å²) >= 11 is 0. The molecular formula is C20H23NO5. The summed E-state index contributed by atoms with van der Waals surface area (Å²) in [4.78, 5) is 23.5. The first-order valence-corrected chi connectivity index (χ1v) is 8.44. The van der Waals surface area contributed by atoms with Crippen LogP contribution in [0.4, 0.5) is 0 Å². The molecule has 1 N–H and O–H groups in total. The summed E-state index contributed by atoms with van der Waals surface area (Å²) in [5, 5.41) is 2.71. The third-order valence-electron chi connectivity index (χ3n) is 3.40. The van der Waals surface area contributed by atoms with Crippen molar-refractivity contribution >= 4 is 11.9 Å². The number of rotatable bonds is 9. The molecule has 6 heteroatoms. The fourth-order valence-corrected chi connectivity index (χ4v) is 2.19. The van der Waals surface area contributed by atoms with E-state index < -0.39 is 5.97 Å². The van der Waals surface area contributed by atoms with Gasteiger partial charge in [-0.3, -0.25) is 4.79 Å². The van der Waals surface area contributed by atoms with Gasteiger partial charge in [0.25, 0.3) is 5.91 Å². The summed E-state index contributed by atoms with van der Waals surface area (Å²) in [5.41, 5.74) is 1.50. The number of esters is 1. The quantitative estimate of drug-likeness (QED) is 0.552. The smallest absolute Gasteiger partial charge is 0.338 e. The fraction of sp³-hybridized carbons (Fsp3) is 0.300. The minimum Gasteiger partial charge on any atom is -0.492 e. The van der Waals surface area contributed by atoms with Crippen LogP contribution >= 0.6 is 0 Å². The molecule has 0 aliphatic carbocycles. The predicted molar refractivity (Wildman–Crippen MR) is 97.6 cm³/mol. The Hall–Kier alpha value is -3.02. The lowest BCUT2D eigenvalue weighted by molar-refractivity contribution is -0.123. The van der Waals surface area contributed by atoms with Gasteiger partial charge in [-0.2, -0.15) is 0 Å². The van der Waals surface area contributed by atoms with Gasteiger partial charge in [0.2, 0.25) is 0 Å². The van der Waals surface area contributed by atoms with Crippen LogP contribution in [0.5, 0.6) is 11.5 Å². The van der Waals surface area contributed by atoms with E-state index in [1.54, 1.807) is 31.2 Å². The Labute approximate surface area is 153 Å². The third kappa shape index (κ3) is 6.47. The summed E-state index contributed by atoms with van der Waals surface area (Å²) in [6, 6.07) is 14.2. The van der Waals surface area contributed by atoms with Gasteiger partial charge in [-0.25, -0.2) is 4.79 Å². The monoisotopic (exact) mass is 357 g/mol. The zero-order valence-corrected chi connectivity index (χ0v) is 15.0. The van der Waals surface area contributed by atoms with Crippen LogP contribution in [0, 0.1) is 6.92 Å². The number of amides is 1. The molecule has 6 nitrogen and oxygen atoms in total. The van der Waals surface area contributed by atoms with Crippen LogP contribution in [-0.2, 0) is 9.53 Å². The van der Waals surface area contributed by atoms with Crippen LogP contribution in [0.25, 0.3) is 0 Å². The van der Waals surface area contributed by atoms with Gasteiger partial charge >= 0.3 is 5.97 Å². The molecule has 0 heterocycles. The highest BCUT2D eigenvalue weighted by molar-refractivity contribution is 5.89. The molecule has 1 amide bonds. The number of carbonyl (C=O) groups excluding carboxylic acids is 2. The molecule has 2 aromatic carbocycles. The van der Waals surface area contributed by atoms with Crippen LogP contribution in [0.3, 0.4) is 0 Å². The molecule has 0 radical (unpaired) electrons. The molecule has 0 fully saturated rings. The van der Waals surface area contributed by atoms with Gasteiger partial charge in [0, 0.05) is 0 Å². The van der Waals surface area contributed by atoms with Gasteiger partial charge in [-0.1, -0.05) is 18.2 Å². The first kappa shape index (κ1) is 19.3. The number of hydrogen-bond acceptors (Lipinski definition) is 5. The van der Waals surface area contributed by atoms with Crippen molar-refractivity contribution in [2.45, 2.75) is 13.8 Å². The van der Waals surface area contributed by atoms with Crippen molar-refractivity contribution in [3.05, 3.63) is 59.7 Å². The predicted octanol–water partition coefficient (Wildman–Crippen LogP) is 2.75. The van der Waals surface area contributed by atoms with Crippen molar-refractivity contribution in [1.29, 1.82) is 0 Å². The molecule has 0 bridgehead atoms. The molecule has 0 aromatic heterocycles. The Kier molecular flexibility index (Phi) is 7.49. The zero-order valence-electron chi connectivity index (χ0n) is 15.0. The van der Waals surface area contributed by atoms with Crippen LogP contribution < -0.4 is 14.8 Å². The van der Waals surface area contributed by atoms with Crippen molar-refractivity contribution in [2.24, 2.45) is 0 Å². The molecule has 0 aliphatic heterocycles. The highest BCUT2D eigenvalue weighted by Gasteiger charge is 2.08. The molecule has 2 rings (SSSR count). The molecule has 0 atom stereocenters. The summed E-state index contributed by atoms with van der Waals surface area (Å²) in [7, 11) is 0. The molecule has 2 aromatic rings. The molecule has 0 aliphatic rings. The fourth-order valence-electron chi connectivity index (χ4n) is 2.19. The average Bonchev–Trinajstić information content (AvgIpc) is 2.64. The van der Waals surface area contributed by atoms with Crippen molar-refractivity contribution < 1.29 is 23.8 Å². The average molecular weight is 357 g/mol. The maximum absolute atomic E-state index is 11.8. The number of benzene rings is 2. The Morgan fingerprint density at radius 1 is 1.00 bits per heavy atom. The molecular weight excluding hydrogens is 334 g/mol. The second-order valence-corrected chi connectivity index (χ2v) is 5.55. The standard InChI is InChI=1S/C20H23NO5/c1-3-24-20(23)16-7-5-9-18(13-16)26-14-19(22)21-10-11-25-17-8-4-6-15(2)12-17/h4-9,12-13H,3,10-11,14H2,1-2H3,(H,21,22). The van der Waals surface area contributed by atoms with Gasteiger partial charge in [0.05, 0.1) is 18.7 Å². The molecule has 0 saturated heterocycles. The topological polar surface area (TPSA) is 73.9 Å². The maximum Gasteiger partial charge on any atom is 0.338 e. The highest BCUT2D eigenvalue weighted by Crippen LogP contribution is 2.14. The highest BCUT2D eigenvalue weighted by atomic mass is 16.5. The van der Waals surface area contributed by atoms with Crippen molar-refractivity contribution in [2.75, 3.05) is 26.4 Å². The molecule has 138 valence electrons. The number of ether oxygens (including phenoxy) is 3. The van der Waals surface area contributed by atoms with E-state index in [1.807, 2.05) is 31.2 Å². The zero-order chi connectivity index (χ0) is 18.8. The maximum atomic E-state index is 11.8. The van der Waals surface area contributed by atoms with E-state index >= 15 is 0 Å². The second kappa shape index (κ2) is 10.1. The van der Waals surface area contributed by atoms with E-state index in [-0.39, 0.29) is 12.5 Å². The van der Waals surface area contributed by atoms with Crippen molar-refractivity contribution in [3.63, 3.8) is 0 Å². The lowest BCUT2D eigenvalue weighted by Crippen LogP contribution is -2.32. The SMILES string of the molecule is CCOC(=O)c1cccc(OCC(=O)NCCOc2cccc(C)c2)c1. The lowest BCUT2D eigenvalue weighted by Gasteiger charge is -2.10. The second-order valence-electron chi connectivity index (χ2n) is 5.55. The number of aryl methyl sites for hydroxylation is 1. The molecule has 0 saturated carbocycles. The van der Waals surface area contributed by atoms with Crippen LogP contribution in [0.15, 0.2) is 48.5 Å². The number of hydrogen-bond donors (Lipinski definition) is 1. The minimum atomic E-state index is -0.421. The summed E-state index contributed by atoms with van der Waals surface area (Å²) in [6.07, 6.45) is 0. The van der Waals surface area contributed by atoms with E-state index in [1.165, 1.54) is 0 Å². The van der Waals surface area contributed by atoms with Crippen molar-refractivity contribution in [3.8, 4) is 11.5 Å². The van der Waals surface area contributed by atoms with E-state index in [0.29, 0.717) is 31.1 Å². The Morgan fingerprint density at radius 3 is 2.46 bits per heavy atom. The number of carbonyl (C=O) groups is 2. The van der Waals surface area contributed by atoms with Gasteiger partial charge in [0.15, 0.2) is 6.61 Å². The Morgan fingerprint density at radius 2 is 1.73 bits per heavy atom. The van der Waals surface area contributed by atoms with Crippen LogP contribution in [-0.4, -0.2) is 38.2 Å². The summed E-state index contributed by atoms with van der Waals surface area (Å²) in [6.45, 7) is 4.63. The largest absolute Gasteiger partial charge is 0.492 e.